The van der Waals surface area contributed by atoms with E-state index in [-0.39, 0.29) is 18.6 Å². The highest BCUT2D eigenvalue weighted by Gasteiger charge is 2.28. The standard InChI is InChI=1S/C15H28N2O2/c1-15(2)7-3-4-12(10-15)17-14(18)11-19-13-5-8-16-9-6-13/h12-13,16H,3-11H2,1-2H3,(H,17,18). The fourth-order valence-corrected chi connectivity index (χ4v) is 3.25. The van der Waals surface area contributed by atoms with Crippen molar-refractivity contribution in [3.8, 4) is 0 Å². The van der Waals surface area contributed by atoms with E-state index in [1.165, 1.54) is 12.8 Å². The number of carbonyl (C=O) groups is 1. The van der Waals surface area contributed by atoms with Gasteiger partial charge in [0.2, 0.25) is 5.91 Å². The van der Waals surface area contributed by atoms with Crippen LogP contribution >= 0.6 is 0 Å². The van der Waals surface area contributed by atoms with Gasteiger partial charge >= 0.3 is 0 Å². The lowest BCUT2D eigenvalue weighted by Crippen LogP contribution is -2.43. The molecule has 0 radical (unpaired) electrons. The van der Waals surface area contributed by atoms with Gasteiger partial charge in [-0.2, -0.15) is 0 Å². The molecule has 0 aromatic heterocycles. The summed E-state index contributed by atoms with van der Waals surface area (Å²) in [6.45, 7) is 6.81. The second kappa shape index (κ2) is 6.71. The van der Waals surface area contributed by atoms with Crippen molar-refractivity contribution >= 4 is 5.91 Å². The Morgan fingerprint density at radius 2 is 2.05 bits per heavy atom. The van der Waals surface area contributed by atoms with Gasteiger partial charge in [-0.15, -0.1) is 0 Å². The zero-order chi connectivity index (χ0) is 13.7. The van der Waals surface area contributed by atoms with E-state index in [1.807, 2.05) is 0 Å². The van der Waals surface area contributed by atoms with Gasteiger partial charge in [0.15, 0.2) is 0 Å². The Balaban J connectivity index is 1.66. The lowest BCUT2D eigenvalue weighted by molar-refractivity contribution is -0.129. The first-order chi connectivity index (χ1) is 9.05. The van der Waals surface area contributed by atoms with E-state index < -0.39 is 0 Å². The van der Waals surface area contributed by atoms with Crippen LogP contribution in [0.25, 0.3) is 0 Å². The van der Waals surface area contributed by atoms with E-state index in [0.29, 0.717) is 11.5 Å². The Labute approximate surface area is 116 Å². The molecule has 4 nitrogen and oxygen atoms in total. The van der Waals surface area contributed by atoms with Gasteiger partial charge in [0.25, 0.3) is 0 Å². The van der Waals surface area contributed by atoms with Crippen molar-refractivity contribution in [1.29, 1.82) is 0 Å². The van der Waals surface area contributed by atoms with Gasteiger partial charge in [-0.3, -0.25) is 4.79 Å². The van der Waals surface area contributed by atoms with Crippen LogP contribution in [0.2, 0.25) is 0 Å². The summed E-state index contributed by atoms with van der Waals surface area (Å²) >= 11 is 0. The van der Waals surface area contributed by atoms with Crippen LogP contribution in [0.3, 0.4) is 0 Å². The first-order valence-corrected chi connectivity index (χ1v) is 7.67. The molecule has 1 atom stereocenters. The predicted molar refractivity (Wildman–Crippen MR) is 76.0 cm³/mol. The van der Waals surface area contributed by atoms with Gasteiger partial charge in [0.05, 0.1) is 6.10 Å². The zero-order valence-corrected chi connectivity index (χ0v) is 12.3. The molecule has 1 aliphatic heterocycles. The van der Waals surface area contributed by atoms with Crippen LogP contribution in [0.15, 0.2) is 0 Å². The number of rotatable bonds is 4. The molecule has 2 fully saturated rings. The van der Waals surface area contributed by atoms with E-state index in [2.05, 4.69) is 24.5 Å². The highest BCUT2D eigenvalue weighted by atomic mass is 16.5. The Morgan fingerprint density at radius 3 is 2.74 bits per heavy atom. The lowest BCUT2D eigenvalue weighted by Gasteiger charge is -2.35. The van der Waals surface area contributed by atoms with E-state index in [0.717, 1.165) is 38.8 Å². The minimum Gasteiger partial charge on any atom is -0.368 e. The molecule has 4 heteroatoms. The van der Waals surface area contributed by atoms with Crippen LogP contribution in [0.1, 0.15) is 52.4 Å². The third-order valence-electron chi connectivity index (χ3n) is 4.31. The molecule has 110 valence electrons. The van der Waals surface area contributed by atoms with Gasteiger partial charge in [-0.25, -0.2) is 0 Å². The zero-order valence-electron chi connectivity index (χ0n) is 12.3. The average molecular weight is 268 g/mol. The number of piperidine rings is 1. The predicted octanol–water partition coefficient (Wildman–Crippen LogP) is 1.84. The molecule has 0 aromatic carbocycles. The Bertz CT molecular complexity index is 299. The van der Waals surface area contributed by atoms with E-state index in [4.69, 9.17) is 4.74 Å². The molecule has 1 heterocycles. The summed E-state index contributed by atoms with van der Waals surface area (Å²) in [5, 5.41) is 6.43. The van der Waals surface area contributed by atoms with Gasteiger partial charge < -0.3 is 15.4 Å². The number of amides is 1. The van der Waals surface area contributed by atoms with Crippen LogP contribution < -0.4 is 10.6 Å². The lowest BCUT2D eigenvalue weighted by atomic mass is 9.75. The molecule has 1 unspecified atom stereocenters. The minimum absolute atomic E-state index is 0.0567. The second-order valence-electron chi connectivity index (χ2n) is 6.79. The molecule has 1 saturated carbocycles. The maximum absolute atomic E-state index is 11.9. The molecule has 2 aliphatic rings. The van der Waals surface area contributed by atoms with Crippen molar-refractivity contribution in [2.75, 3.05) is 19.7 Å². The summed E-state index contributed by atoms with van der Waals surface area (Å²) in [5.41, 5.74) is 0.367. The molecule has 0 bridgehead atoms. The quantitative estimate of drug-likeness (QED) is 0.818. The maximum Gasteiger partial charge on any atom is 0.246 e. The van der Waals surface area contributed by atoms with Crippen LogP contribution in [0.5, 0.6) is 0 Å². The number of hydrogen-bond acceptors (Lipinski definition) is 3. The Hall–Kier alpha value is -0.610. The number of ether oxygens (including phenoxy) is 1. The van der Waals surface area contributed by atoms with Crippen molar-refractivity contribution in [3.63, 3.8) is 0 Å². The molecule has 1 saturated heterocycles. The molecular weight excluding hydrogens is 240 g/mol. The van der Waals surface area contributed by atoms with Crippen LogP contribution in [-0.4, -0.2) is 37.7 Å². The first kappa shape index (κ1) is 14.8. The minimum atomic E-state index is 0.0567. The summed E-state index contributed by atoms with van der Waals surface area (Å²) in [5.74, 6) is 0.0567. The smallest absolute Gasteiger partial charge is 0.246 e. The fourth-order valence-electron chi connectivity index (χ4n) is 3.25. The van der Waals surface area contributed by atoms with Crippen molar-refractivity contribution in [1.82, 2.24) is 10.6 Å². The number of carbonyl (C=O) groups excluding carboxylic acids is 1. The normalized spacial score (nSPS) is 28.0. The molecule has 1 amide bonds. The monoisotopic (exact) mass is 268 g/mol. The summed E-state index contributed by atoms with van der Waals surface area (Å²) < 4.78 is 5.69. The summed E-state index contributed by atoms with van der Waals surface area (Å²) in [6, 6.07) is 0.341. The highest BCUT2D eigenvalue weighted by Crippen LogP contribution is 2.34. The largest absolute Gasteiger partial charge is 0.368 e. The van der Waals surface area contributed by atoms with E-state index >= 15 is 0 Å². The second-order valence-corrected chi connectivity index (χ2v) is 6.79. The fraction of sp³-hybridized carbons (Fsp3) is 0.933. The summed E-state index contributed by atoms with van der Waals surface area (Å²) in [6.07, 6.45) is 6.98. The van der Waals surface area contributed by atoms with Crippen molar-refractivity contribution in [2.24, 2.45) is 5.41 Å². The molecule has 0 aromatic rings. The number of hydrogen-bond donors (Lipinski definition) is 2. The van der Waals surface area contributed by atoms with E-state index in [1.54, 1.807) is 0 Å². The summed E-state index contributed by atoms with van der Waals surface area (Å²) in [7, 11) is 0. The molecule has 2 rings (SSSR count). The molecule has 2 N–H and O–H groups in total. The average Bonchev–Trinajstić information content (AvgIpc) is 2.36. The molecular formula is C15H28N2O2. The van der Waals surface area contributed by atoms with Crippen LogP contribution in [-0.2, 0) is 9.53 Å². The third kappa shape index (κ3) is 5.11. The molecule has 1 aliphatic carbocycles. The Morgan fingerprint density at radius 1 is 1.32 bits per heavy atom. The van der Waals surface area contributed by atoms with Gasteiger partial charge in [0.1, 0.15) is 6.61 Å². The van der Waals surface area contributed by atoms with Gasteiger partial charge in [-0.1, -0.05) is 20.3 Å². The first-order valence-electron chi connectivity index (χ1n) is 7.67. The summed E-state index contributed by atoms with van der Waals surface area (Å²) in [4.78, 5) is 11.9. The third-order valence-corrected chi connectivity index (χ3v) is 4.31. The van der Waals surface area contributed by atoms with Gasteiger partial charge in [-0.05, 0) is 50.6 Å². The topological polar surface area (TPSA) is 50.4 Å². The van der Waals surface area contributed by atoms with Crippen LogP contribution in [0, 0.1) is 5.41 Å². The van der Waals surface area contributed by atoms with Crippen molar-refractivity contribution < 1.29 is 9.53 Å². The SMILES string of the molecule is CC1(C)CCCC(NC(=O)COC2CCNCC2)C1. The molecule has 0 spiro atoms. The molecule has 19 heavy (non-hydrogen) atoms. The highest BCUT2D eigenvalue weighted by molar-refractivity contribution is 5.77. The Kier molecular flexibility index (Phi) is 5.22. The maximum atomic E-state index is 11.9. The van der Waals surface area contributed by atoms with Crippen molar-refractivity contribution in [2.45, 2.75) is 64.5 Å². The van der Waals surface area contributed by atoms with Crippen LogP contribution in [0.4, 0.5) is 0 Å². The van der Waals surface area contributed by atoms with Crippen molar-refractivity contribution in [3.05, 3.63) is 0 Å². The van der Waals surface area contributed by atoms with E-state index in [9.17, 15) is 4.79 Å². The number of nitrogens with one attached hydrogen (secondary N) is 2. The van der Waals surface area contributed by atoms with Gasteiger partial charge in [0, 0.05) is 6.04 Å².